The SMILES string of the molecule is O=C(CCc1ccccc1F)NNC(=O)c1c[nH]c2ccccc12. The summed E-state index contributed by atoms with van der Waals surface area (Å²) in [7, 11) is 0. The first-order chi connectivity index (χ1) is 11.6. The topological polar surface area (TPSA) is 74.0 Å². The average molecular weight is 325 g/mol. The fourth-order valence-electron chi connectivity index (χ4n) is 2.47. The Hall–Kier alpha value is -3.15. The molecule has 0 bridgehead atoms. The molecule has 122 valence electrons. The second-order valence-corrected chi connectivity index (χ2v) is 5.34. The third-order valence-electron chi connectivity index (χ3n) is 3.73. The van der Waals surface area contributed by atoms with Crippen LogP contribution in [0.25, 0.3) is 10.9 Å². The Kier molecular flexibility index (Phi) is 4.56. The molecular weight excluding hydrogens is 309 g/mol. The van der Waals surface area contributed by atoms with Crippen LogP contribution in [0, 0.1) is 5.82 Å². The number of halogens is 1. The Morgan fingerprint density at radius 1 is 1.00 bits per heavy atom. The number of aromatic amines is 1. The first-order valence-electron chi connectivity index (χ1n) is 7.54. The Labute approximate surface area is 137 Å². The van der Waals surface area contributed by atoms with Crippen LogP contribution in [0.4, 0.5) is 4.39 Å². The molecule has 0 radical (unpaired) electrons. The van der Waals surface area contributed by atoms with Gasteiger partial charge in [-0.15, -0.1) is 0 Å². The van der Waals surface area contributed by atoms with Crippen molar-refractivity contribution in [1.29, 1.82) is 0 Å². The van der Waals surface area contributed by atoms with Gasteiger partial charge in [0.1, 0.15) is 5.82 Å². The quantitative estimate of drug-likeness (QED) is 0.645. The monoisotopic (exact) mass is 325 g/mol. The first-order valence-corrected chi connectivity index (χ1v) is 7.54. The molecule has 5 nitrogen and oxygen atoms in total. The highest BCUT2D eigenvalue weighted by atomic mass is 19.1. The third kappa shape index (κ3) is 3.43. The van der Waals surface area contributed by atoms with Crippen LogP contribution in [-0.4, -0.2) is 16.8 Å². The highest BCUT2D eigenvalue weighted by Crippen LogP contribution is 2.17. The van der Waals surface area contributed by atoms with Gasteiger partial charge in [0.2, 0.25) is 5.91 Å². The smallest absolute Gasteiger partial charge is 0.271 e. The van der Waals surface area contributed by atoms with Crippen molar-refractivity contribution in [2.45, 2.75) is 12.8 Å². The molecule has 24 heavy (non-hydrogen) atoms. The lowest BCUT2D eigenvalue weighted by atomic mass is 10.1. The zero-order valence-corrected chi connectivity index (χ0v) is 12.8. The molecule has 2 amide bonds. The van der Waals surface area contributed by atoms with E-state index in [1.54, 1.807) is 24.4 Å². The van der Waals surface area contributed by atoms with Crippen LogP contribution in [0.1, 0.15) is 22.3 Å². The molecule has 0 spiro atoms. The standard InChI is InChI=1S/C18H16FN3O2/c19-15-7-3-1-5-12(15)9-10-17(23)21-22-18(24)14-11-20-16-8-4-2-6-13(14)16/h1-8,11,20H,9-10H2,(H,21,23)(H,22,24). The molecule has 0 fully saturated rings. The molecule has 0 aliphatic heterocycles. The average Bonchev–Trinajstić information content (AvgIpc) is 3.03. The molecule has 3 N–H and O–H groups in total. The van der Waals surface area contributed by atoms with Crippen LogP contribution < -0.4 is 10.9 Å². The van der Waals surface area contributed by atoms with Crippen molar-refractivity contribution < 1.29 is 14.0 Å². The molecule has 0 unspecified atom stereocenters. The molecule has 6 heteroatoms. The number of hydrogen-bond acceptors (Lipinski definition) is 2. The summed E-state index contributed by atoms with van der Waals surface area (Å²) in [6.07, 6.45) is 1.93. The van der Waals surface area contributed by atoms with Crippen LogP contribution >= 0.6 is 0 Å². The Bertz CT molecular complexity index is 889. The van der Waals surface area contributed by atoms with E-state index in [9.17, 15) is 14.0 Å². The minimum atomic E-state index is -0.410. The van der Waals surface area contributed by atoms with E-state index in [4.69, 9.17) is 0 Å². The number of aryl methyl sites for hydroxylation is 1. The second-order valence-electron chi connectivity index (χ2n) is 5.34. The maximum Gasteiger partial charge on any atom is 0.271 e. The summed E-state index contributed by atoms with van der Waals surface area (Å²) in [6, 6.07) is 13.7. The largest absolute Gasteiger partial charge is 0.360 e. The highest BCUT2D eigenvalue weighted by molar-refractivity contribution is 6.07. The summed E-state index contributed by atoms with van der Waals surface area (Å²) >= 11 is 0. The molecule has 1 heterocycles. The first kappa shape index (κ1) is 15.7. The molecule has 0 aliphatic rings. The van der Waals surface area contributed by atoms with Crippen LogP contribution in [-0.2, 0) is 11.2 Å². The van der Waals surface area contributed by atoms with Crippen molar-refractivity contribution in [2.75, 3.05) is 0 Å². The zero-order chi connectivity index (χ0) is 16.9. The van der Waals surface area contributed by atoms with Crippen molar-refractivity contribution in [3.05, 3.63) is 71.7 Å². The van der Waals surface area contributed by atoms with Gasteiger partial charge in [-0.25, -0.2) is 4.39 Å². The van der Waals surface area contributed by atoms with Gasteiger partial charge < -0.3 is 4.98 Å². The molecule has 0 atom stereocenters. The van der Waals surface area contributed by atoms with Crippen molar-refractivity contribution in [1.82, 2.24) is 15.8 Å². The van der Waals surface area contributed by atoms with Gasteiger partial charge in [-0.3, -0.25) is 20.4 Å². The number of fused-ring (bicyclic) bond motifs is 1. The molecule has 0 saturated carbocycles. The van der Waals surface area contributed by atoms with Crippen molar-refractivity contribution in [2.24, 2.45) is 0 Å². The minimum absolute atomic E-state index is 0.0785. The highest BCUT2D eigenvalue weighted by Gasteiger charge is 2.12. The summed E-state index contributed by atoms with van der Waals surface area (Å²) < 4.78 is 13.5. The van der Waals surface area contributed by atoms with E-state index < -0.39 is 5.91 Å². The van der Waals surface area contributed by atoms with Gasteiger partial charge in [-0.05, 0) is 24.1 Å². The van der Waals surface area contributed by atoms with Gasteiger partial charge in [-0.1, -0.05) is 36.4 Å². The molecule has 3 aromatic rings. The lowest BCUT2D eigenvalue weighted by molar-refractivity contribution is -0.121. The summed E-state index contributed by atoms with van der Waals surface area (Å²) in [4.78, 5) is 27.0. The van der Waals surface area contributed by atoms with Crippen molar-refractivity contribution in [3.8, 4) is 0 Å². The Morgan fingerprint density at radius 2 is 1.75 bits per heavy atom. The molecule has 0 aliphatic carbocycles. The summed E-state index contributed by atoms with van der Waals surface area (Å²) in [6.45, 7) is 0. The molecule has 0 saturated heterocycles. The number of para-hydroxylation sites is 1. The number of aromatic nitrogens is 1. The van der Waals surface area contributed by atoms with E-state index in [1.165, 1.54) is 6.07 Å². The number of hydrazine groups is 1. The van der Waals surface area contributed by atoms with Crippen LogP contribution in [0.2, 0.25) is 0 Å². The zero-order valence-electron chi connectivity index (χ0n) is 12.8. The van der Waals surface area contributed by atoms with E-state index in [-0.39, 0.29) is 24.6 Å². The summed E-state index contributed by atoms with van der Waals surface area (Å²) in [5.74, 6) is -1.13. The number of rotatable bonds is 4. The van der Waals surface area contributed by atoms with Gasteiger partial charge in [0.15, 0.2) is 0 Å². The predicted molar refractivity (Wildman–Crippen MR) is 88.6 cm³/mol. The number of amides is 2. The maximum atomic E-state index is 13.5. The van der Waals surface area contributed by atoms with Gasteiger partial charge in [0.25, 0.3) is 5.91 Å². The lowest BCUT2D eigenvalue weighted by Crippen LogP contribution is -2.41. The number of benzene rings is 2. The van der Waals surface area contributed by atoms with Crippen molar-refractivity contribution >= 4 is 22.7 Å². The summed E-state index contributed by atoms with van der Waals surface area (Å²) in [5.41, 5.74) is 6.48. The number of carbonyl (C=O) groups is 2. The molecular formula is C18H16FN3O2. The van der Waals surface area contributed by atoms with Gasteiger partial charge in [0.05, 0.1) is 5.56 Å². The normalized spacial score (nSPS) is 10.5. The van der Waals surface area contributed by atoms with Crippen molar-refractivity contribution in [3.63, 3.8) is 0 Å². The minimum Gasteiger partial charge on any atom is -0.360 e. The van der Waals surface area contributed by atoms with E-state index >= 15 is 0 Å². The van der Waals surface area contributed by atoms with Crippen LogP contribution in [0.15, 0.2) is 54.7 Å². The van der Waals surface area contributed by atoms with Gasteiger partial charge in [-0.2, -0.15) is 0 Å². The van der Waals surface area contributed by atoms with E-state index in [0.717, 1.165) is 10.9 Å². The van der Waals surface area contributed by atoms with Gasteiger partial charge >= 0.3 is 0 Å². The van der Waals surface area contributed by atoms with E-state index in [0.29, 0.717) is 11.1 Å². The number of H-pyrrole nitrogens is 1. The number of carbonyl (C=O) groups excluding carboxylic acids is 2. The fourth-order valence-corrected chi connectivity index (χ4v) is 2.47. The number of nitrogens with one attached hydrogen (secondary N) is 3. The lowest BCUT2D eigenvalue weighted by Gasteiger charge is -2.07. The molecule has 3 rings (SSSR count). The number of hydrogen-bond donors (Lipinski definition) is 3. The summed E-state index contributed by atoms with van der Waals surface area (Å²) in [5, 5.41) is 0.774. The van der Waals surface area contributed by atoms with E-state index in [1.807, 2.05) is 24.3 Å². The van der Waals surface area contributed by atoms with Gasteiger partial charge in [0, 0.05) is 23.5 Å². The Balaban J connectivity index is 1.54. The van der Waals surface area contributed by atoms with Crippen LogP contribution in [0.5, 0.6) is 0 Å². The van der Waals surface area contributed by atoms with Crippen LogP contribution in [0.3, 0.4) is 0 Å². The fraction of sp³-hybridized carbons (Fsp3) is 0.111. The maximum absolute atomic E-state index is 13.5. The second kappa shape index (κ2) is 6.95. The Morgan fingerprint density at radius 3 is 2.58 bits per heavy atom. The molecule has 2 aromatic carbocycles. The predicted octanol–water partition coefficient (Wildman–Crippen LogP) is 2.70. The molecule has 1 aromatic heterocycles. The third-order valence-corrected chi connectivity index (χ3v) is 3.73. The van der Waals surface area contributed by atoms with E-state index in [2.05, 4.69) is 15.8 Å².